The highest BCUT2D eigenvalue weighted by Crippen LogP contribution is 2.09. The fraction of sp³-hybridized carbons (Fsp3) is 0.625. The zero-order valence-corrected chi connectivity index (χ0v) is 7.67. The highest BCUT2D eigenvalue weighted by atomic mass is 35.5. The van der Waals surface area contributed by atoms with E-state index >= 15 is 0 Å². The van der Waals surface area contributed by atoms with Gasteiger partial charge >= 0.3 is 0 Å². The summed E-state index contributed by atoms with van der Waals surface area (Å²) in [4.78, 5) is 6.60. The van der Waals surface area contributed by atoms with Crippen molar-refractivity contribution < 1.29 is 0 Å². The van der Waals surface area contributed by atoms with Crippen molar-refractivity contribution in [3.8, 4) is 0 Å². The molecule has 0 atom stereocenters. The summed E-state index contributed by atoms with van der Waals surface area (Å²) in [6.07, 6.45) is 3.90. The SMILES string of the molecule is ClCCN1CCn2ccnc2C1. The zero-order chi connectivity index (χ0) is 8.39. The number of aromatic nitrogens is 2. The van der Waals surface area contributed by atoms with E-state index in [-0.39, 0.29) is 0 Å². The minimum absolute atomic E-state index is 0.709. The molecule has 1 aliphatic heterocycles. The molecule has 4 heteroatoms. The Bertz CT molecular complexity index is 259. The van der Waals surface area contributed by atoms with E-state index in [9.17, 15) is 0 Å². The molecule has 0 amide bonds. The van der Waals surface area contributed by atoms with Crippen molar-refractivity contribution in [2.24, 2.45) is 0 Å². The minimum Gasteiger partial charge on any atom is -0.333 e. The molecule has 12 heavy (non-hydrogen) atoms. The molecule has 1 aromatic heterocycles. The summed E-state index contributed by atoms with van der Waals surface area (Å²) in [6, 6.07) is 0. The van der Waals surface area contributed by atoms with E-state index in [4.69, 9.17) is 11.6 Å². The first-order valence-corrected chi connectivity index (χ1v) is 4.72. The third kappa shape index (κ3) is 1.47. The van der Waals surface area contributed by atoms with Crippen LogP contribution in [0.25, 0.3) is 0 Å². The molecule has 1 aliphatic rings. The molecule has 0 saturated carbocycles. The number of halogens is 1. The summed E-state index contributed by atoms with van der Waals surface area (Å²) in [7, 11) is 0. The molecule has 0 unspecified atom stereocenters. The number of hydrogen-bond donors (Lipinski definition) is 0. The van der Waals surface area contributed by atoms with Crippen LogP contribution in [0.4, 0.5) is 0 Å². The van der Waals surface area contributed by atoms with Gasteiger partial charge in [0.2, 0.25) is 0 Å². The zero-order valence-electron chi connectivity index (χ0n) is 6.91. The van der Waals surface area contributed by atoms with Crippen LogP contribution < -0.4 is 0 Å². The van der Waals surface area contributed by atoms with Crippen molar-refractivity contribution >= 4 is 11.6 Å². The first kappa shape index (κ1) is 8.08. The maximum Gasteiger partial charge on any atom is 0.122 e. The Labute approximate surface area is 77.0 Å². The van der Waals surface area contributed by atoms with Gasteiger partial charge in [-0.2, -0.15) is 0 Å². The Hall–Kier alpha value is -0.540. The van der Waals surface area contributed by atoms with Gasteiger partial charge in [-0.1, -0.05) is 0 Å². The normalized spacial score (nSPS) is 17.8. The fourth-order valence-corrected chi connectivity index (χ4v) is 1.77. The van der Waals surface area contributed by atoms with Gasteiger partial charge in [0.15, 0.2) is 0 Å². The van der Waals surface area contributed by atoms with Crippen LogP contribution in [-0.2, 0) is 13.1 Å². The molecule has 0 aliphatic carbocycles. The van der Waals surface area contributed by atoms with Crippen LogP contribution >= 0.6 is 11.6 Å². The number of alkyl halides is 1. The fourth-order valence-electron chi connectivity index (χ4n) is 1.53. The van der Waals surface area contributed by atoms with Crippen LogP contribution in [0.3, 0.4) is 0 Å². The monoisotopic (exact) mass is 185 g/mol. The van der Waals surface area contributed by atoms with Crippen LogP contribution in [0.15, 0.2) is 12.4 Å². The van der Waals surface area contributed by atoms with Crippen LogP contribution in [0.5, 0.6) is 0 Å². The van der Waals surface area contributed by atoms with Crippen LogP contribution in [0.2, 0.25) is 0 Å². The van der Waals surface area contributed by atoms with E-state index in [2.05, 4.69) is 14.5 Å². The van der Waals surface area contributed by atoms with Gasteiger partial charge in [-0.05, 0) is 0 Å². The molecule has 0 bridgehead atoms. The van der Waals surface area contributed by atoms with E-state index in [1.807, 2.05) is 12.4 Å². The van der Waals surface area contributed by atoms with Crippen molar-refractivity contribution in [3.05, 3.63) is 18.2 Å². The number of hydrogen-bond acceptors (Lipinski definition) is 2. The smallest absolute Gasteiger partial charge is 0.122 e. The van der Waals surface area contributed by atoms with Crippen molar-refractivity contribution in [1.29, 1.82) is 0 Å². The van der Waals surface area contributed by atoms with E-state index in [1.54, 1.807) is 0 Å². The van der Waals surface area contributed by atoms with E-state index in [0.29, 0.717) is 5.88 Å². The number of imidazole rings is 1. The molecule has 0 saturated heterocycles. The lowest BCUT2D eigenvalue weighted by atomic mass is 10.3. The lowest BCUT2D eigenvalue weighted by Crippen LogP contribution is -2.34. The summed E-state index contributed by atoms with van der Waals surface area (Å²) >= 11 is 5.67. The summed E-state index contributed by atoms with van der Waals surface area (Å²) in [6.45, 7) is 4.05. The number of nitrogens with zero attached hydrogens (tertiary/aromatic N) is 3. The summed E-state index contributed by atoms with van der Waals surface area (Å²) in [5.74, 6) is 1.87. The van der Waals surface area contributed by atoms with Crippen molar-refractivity contribution in [2.75, 3.05) is 19.0 Å². The summed E-state index contributed by atoms with van der Waals surface area (Å²) in [5, 5.41) is 0. The van der Waals surface area contributed by atoms with Gasteiger partial charge in [0.1, 0.15) is 5.82 Å². The molecule has 0 fully saturated rings. The maximum atomic E-state index is 5.67. The predicted octanol–water partition coefficient (Wildman–Crippen LogP) is 0.938. The molecule has 0 spiro atoms. The Balaban J connectivity index is 2.05. The second-order valence-corrected chi connectivity index (χ2v) is 3.38. The number of rotatable bonds is 2. The molecular formula is C8H12ClN3. The van der Waals surface area contributed by atoms with Crippen molar-refractivity contribution in [1.82, 2.24) is 14.5 Å². The van der Waals surface area contributed by atoms with Gasteiger partial charge in [-0.25, -0.2) is 4.98 Å². The molecule has 0 N–H and O–H groups in total. The predicted molar refractivity (Wildman–Crippen MR) is 48.2 cm³/mol. The van der Waals surface area contributed by atoms with Gasteiger partial charge in [0.05, 0.1) is 6.54 Å². The second kappa shape index (κ2) is 3.46. The third-order valence-electron chi connectivity index (χ3n) is 2.22. The Morgan fingerprint density at radius 3 is 3.25 bits per heavy atom. The van der Waals surface area contributed by atoms with Gasteiger partial charge in [0, 0.05) is 37.9 Å². The van der Waals surface area contributed by atoms with Gasteiger partial charge in [-0.15, -0.1) is 11.6 Å². The average Bonchev–Trinajstić information content (AvgIpc) is 2.51. The minimum atomic E-state index is 0.709. The van der Waals surface area contributed by atoms with Crippen LogP contribution in [0.1, 0.15) is 5.82 Å². The first-order valence-electron chi connectivity index (χ1n) is 4.18. The molecular weight excluding hydrogens is 174 g/mol. The summed E-state index contributed by atoms with van der Waals surface area (Å²) in [5.41, 5.74) is 0. The van der Waals surface area contributed by atoms with Crippen LogP contribution in [0, 0.1) is 0 Å². The highest BCUT2D eigenvalue weighted by Gasteiger charge is 2.14. The van der Waals surface area contributed by atoms with E-state index in [1.165, 1.54) is 0 Å². The average molecular weight is 186 g/mol. The molecule has 1 aromatic rings. The Morgan fingerprint density at radius 1 is 1.50 bits per heavy atom. The lowest BCUT2D eigenvalue weighted by molar-refractivity contribution is 0.229. The molecule has 0 aromatic carbocycles. The highest BCUT2D eigenvalue weighted by molar-refractivity contribution is 6.18. The van der Waals surface area contributed by atoms with Crippen molar-refractivity contribution in [2.45, 2.75) is 13.1 Å². The molecule has 3 nitrogen and oxygen atoms in total. The van der Waals surface area contributed by atoms with Crippen LogP contribution in [-0.4, -0.2) is 33.4 Å². The second-order valence-electron chi connectivity index (χ2n) is 3.00. The standard InChI is InChI=1S/C8H12ClN3/c9-1-3-11-5-6-12-4-2-10-8(12)7-11/h2,4H,1,3,5-7H2. The quantitative estimate of drug-likeness (QED) is 0.640. The van der Waals surface area contributed by atoms with Gasteiger partial charge < -0.3 is 4.57 Å². The first-order chi connectivity index (χ1) is 5.90. The topological polar surface area (TPSA) is 21.1 Å². The largest absolute Gasteiger partial charge is 0.333 e. The Morgan fingerprint density at radius 2 is 2.42 bits per heavy atom. The van der Waals surface area contributed by atoms with E-state index in [0.717, 1.165) is 32.0 Å². The number of fused-ring (bicyclic) bond motifs is 1. The van der Waals surface area contributed by atoms with Gasteiger partial charge in [-0.3, -0.25) is 4.90 Å². The van der Waals surface area contributed by atoms with Crippen molar-refractivity contribution in [3.63, 3.8) is 0 Å². The third-order valence-corrected chi connectivity index (χ3v) is 2.39. The molecule has 66 valence electrons. The molecule has 0 radical (unpaired) electrons. The Kier molecular flexibility index (Phi) is 2.33. The molecule has 2 rings (SSSR count). The molecule has 2 heterocycles. The lowest BCUT2D eigenvalue weighted by Gasteiger charge is -2.26. The summed E-state index contributed by atoms with van der Waals surface area (Å²) < 4.78 is 2.20. The maximum absolute atomic E-state index is 5.67. The van der Waals surface area contributed by atoms with E-state index < -0.39 is 0 Å². The van der Waals surface area contributed by atoms with Gasteiger partial charge in [0.25, 0.3) is 0 Å².